The number of nitro groups is 1. The van der Waals surface area contributed by atoms with E-state index in [4.69, 9.17) is 5.73 Å². The van der Waals surface area contributed by atoms with Crippen LogP contribution >= 0.6 is 23.1 Å². The van der Waals surface area contributed by atoms with Crippen molar-refractivity contribution in [3.8, 4) is 0 Å². The third-order valence-corrected chi connectivity index (χ3v) is 6.33. The molecule has 0 bridgehead atoms. The fourth-order valence-electron chi connectivity index (χ4n) is 2.57. The number of thioether (sulfide) groups is 1. The number of ketones is 1. The van der Waals surface area contributed by atoms with Gasteiger partial charge in [-0.3, -0.25) is 14.9 Å². The Morgan fingerprint density at radius 1 is 1.04 bits per heavy atom. The summed E-state index contributed by atoms with van der Waals surface area (Å²) >= 11 is 2.65. The Labute approximate surface area is 159 Å². The van der Waals surface area contributed by atoms with E-state index >= 15 is 0 Å². The van der Waals surface area contributed by atoms with Gasteiger partial charge < -0.3 is 5.73 Å². The highest BCUT2D eigenvalue weighted by Gasteiger charge is 2.41. The van der Waals surface area contributed by atoms with Crippen molar-refractivity contribution >= 4 is 34.6 Å². The first kappa shape index (κ1) is 18.2. The van der Waals surface area contributed by atoms with Crippen molar-refractivity contribution in [1.82, 2.24) is 0 Å². The molecule has 0 spiro atoms. The lowest BCUT2D eigenvalue weighted by Crippen LogP contribution is -2.34. The number of benzene rings is 2. The fourth-order valence-corrected chi connectivity index (χ4v) is 4.80. The smallest absolute Gasteiger partial charge is 0.291 e. The zero-order valence-electron chi connectivity index (χ0n) is 13.6. The van der Waals surface area contributed by atoms with E-state index in [1.165, 1.54) is 23.1 Å². The van der Waals surface area contributed by atoms with Gasteiger partial charge in [0.1, 0.15) is 5.25 Å². The number of para-hydroxylation sites is 1. The van der Waals surface area contributed by atoms with E-state index in [-0.39, 0.29) is 0 Å². The van der Waals surface area contributed by atoms with Gasteiger partial charge in [-0.15, -0.1) is 23.1 Å². The molecule has 5 nitrogen and oxygen atoms in total. The number of nitrogen functional groups attached to an aromatic ring is 1. The van der Waals surface area contributed by atoms with Crippen LogP contribution in [0.15, 0.2) is 77.0 Å². The minimum absolute atomic E-state index is 0.331. The number of carbonyl (C=O) groups excluding carboxylic acids is 1. The van der Waals surface area contributed by atoms with Gasteiger partial charge in [-0.25, -0.2) is 0 Å². The number of thiophene rings is 1. The van der Waals surface area contributed by atoms with Crippen LogP contribution in [-0.4, -0.2) is 16.7 Å². The summed E-state index contributed by atoms with van der Waals surface area (Å²) in [6, 6.07) is 17.8. The number of Topliss-reactive ketones (excluding diaryl/α,β-unsaturated/α-hetero) is 1. The Bertz CT molecular complexity index is 898. The van der Waals surface area contributed by atoms with Gasteiger partial charge in [0.15, 0.2) is 0 Å². The second-order valence-corrected chi connectivity index (χ2v) is 7.71. The highest BCUT2D eigenvalue weighted by Crippen LogP contribution is 2.43. The number of hydrogen-bond acceptors (Lipinski definition) is 6. The average Bonchev–Trinajstić information content (AvgIpc) is 3.17. The van der Waals surface area contributed by atoms with E-state index < -0.39 is 22.0 Å². The van der Waals surface area contributed by atoms with Crippen LogP contribution in [0.2, 0.25) is 0 Å². The van der Waals surface area contributed by atoms with Gasteiger partial charge in [0.2, 0.25) is 5.78 Å². The van der Waals surface area contributed by atoms with Gasteiger partial charge in [0.25, 0.3) is 6.04 Å². The van der Waals surface area contributed by atoms with Crippen molar-refractivity contribution in [3.05, 3.63) is 92.7 Å². The summed E-state index contributed by atoms with van der Waals surface area (Å²) in [7, 11) is 0. The van der Waals surface area contributed by atoms with Crippen molar-refractivity contribution in [2.75, 3.05) is 5.73 Å². The van der Waals surface area contributed by atoms with Crippen molar-refractivity contribution in [2.24, 2.45) is 0 Å². The Kier molecular flexibility index (Phi) is 5.70. The van der Waals surface area contributed by atoms with Crippen LogP contribution in [0.25, 0.3) is 0 Å². The van der Waals surface area contributed by atoms with Crippen LogP contribution in [0.3, 0.4) is 0 Å². The van der Waals surface area contributed by atoms with Gasteiger partial charge >= 0.3 is 0 Å². The Morgan fingerprint density at radius 3 is 2.35 bits per heavy atom. The molecule has 26 heavy (non-hydrogen) atoms. The van der Waals surface area contributed by atoms with Gasteiger partial charge in [-0.05, 0) is 23.6 Å². The fraction of sp³-hybridized carbons (Fsp3) is 0.105. The summed E-state index contributed by atoms with van der Waals surface area (Å²) < 4.78 is 0. The molecule has 2 aromatic carbocycles. The summed E-state index contributed by atoms with van der Waals surface area (Å²) in [5.41, 5.74) is 6.88. The molecule has 0 fully saturated rings. The minimum Gasteiger partial charge on any atom is -0.398 e. The first-order valence-corrected chi connectivity index (χ1v) is 9.61. The number of nitrogens with zero attached hydrogens (tertiary/aromatic N) is 1. The molecular weight excluding hydrogens is 368 g/mol. The molecule has 3 rings (SSSR count). The molecule has 2 atom stereocenters. The third kappa shape index (κ3) is 3.95. The number of nitrogens with two attached hydrogens (primary N) is 1. The molecule has 2 unspecified atom stereocenters. The molecule has 0 aliphatic heterocycles. The lowest BCUT2D eigenvalue weighted by molar-refractivity contribution is -0.505. The van der Waals surface area contributed by atoms with Crippen molar-refractivity contribution in [3.63, 3.8) is 0 Å². The molecule has 1 aromatic heterocycles. The zero-order chi connectivity index (χ0) is 18.5. The SMILES string of the molecule is Nc1ccccc1SC(c1cccs1)C(C(=O)c1ccccc1)[N+](=O)[O-]. The summed E-state index contributed by atoms with van der Waals surface area (Å²) in [6.45, 7) is 0. The van der Waals surface area contributed by atoms with Gasteiger partial charge in [0.05, 0.1) is 0 Å². The third-order valence-electron chi connectivity index (χ3n) is 3.84. The molecule has 132 valence electrons. The van der Waals surface area contributed by atoms with Crippen molar-refractivity contribution < 1.29 is 9.72 Å². The Balaban J connectivity index is 2.02. The van der Waals surface area contributed by atoms with E-state index in [0.717, 1.165) is 9.77 Å². The second kappa shape index (κ2) is 8.16. The zero-order valence-corrected chi connectivity index (χ0v) is 15.3. The summed E-state index contributed by atoms with van der Waals surface area (Å²) in [6.07, 6.45) is 0. The van der Waals surface area contributed by atoms with Gasteiger partial charge in [-0.1, -0.05) is 48.5 Å². The van der Waals surface area contributed by atoms with Crippen molar-refractivity contribution in [1.29, 1.82) is 0 Å². The molecule has 0 saturated heterocycles. The predicted octanol–water partition coefficient (Wildman–Crippen LogP) is 4.69. The van der Waals surface area contributed by atoms with Crippen molar-refractivity contribution in [2.45, 2.75) is 16.2 Å². The maximum absolute atomic E-state index is 12.9. The average molecular weight is 384 g/mol. The predicted molar refractivity (Wildman–Crippen MR) is 105 cm³/mol. The topological polar surface area (TPSA) is 86.2 Å². The van der Waals surface area contributed by atoms with Crippen LogP contribution in [-0.2, 0) is 0 Å². The van der Waals surface area contributed by atoms with Crippen LogP contribution in [0.1, 0.15) is 20.5 Å². The lowest BCUT2D eigenvalue weighted by atomic mass is 10.0. The van der Waals surface area contributed by atoms with Crippen LogP contribution in [0.4, 0.5) is 5.69 Å². The molecule has 0 radical (unpaired) electrons. The largest absolute Gasteiger partial charge is 0.398 e. The van der Waals surface area contributed by atoms with Gasteiger partial charge in [0, 0.05) is 25.9 Å². The molecule has 0 aliphatic carbocycles. The maximum Gasteiger partial charge on any atom is 0.291 e. The summed E-state index contributed by atoms with van der Waals surface area (Å²) in [4.78, 5) is 25.8. The monoisotopic (exact) mass is 384 g/mol. The Hall–Kier alpha value is -2.64. The lowest BCUT2D eigenvalue weighted by Gasteiger charge is -2.19. The van der Waals surface area contributed by atoms with Gasteiger partial charge in [-0.2, -0.15) is 0 Å². The second-order valence-electron chi connectivity index (χ2n) is 5.55. The number of hydrogen-bond donors (Lipinski definition) is 1. The van der Waals surface area contributed by atoms with Crippen LogP contribution in [0.5, 0.6) is 0 Å². The summed E-state index contributed by atoms with van der Waals surface area (Å²) in [5.74, 6) is -0.504. The quantitative estimate of drug-likeness (QED) is 0.210. The standard InChI is InChI=1S/C19H16N2O3S2/c20-14-9-4-5-10-15(14)26-19(16-11-6-12-25-16)17(21(23)24)18(22)13-7-2-1-3-8-13/h1-12,17,19H,20H2. The molecule has 2 N–H and O–H groups in total. The molecule has 3 aromatic rings. The first-order chi connectivity index (χ1) is 12.6. The Morgan fingerprint density at radius 2 is 1.73 bits per heavy atom. The minimum atomic E-state index is -1.40. The molecule has 0 saturated carbocycles. The number of carbonyl (C=O) groups is 1. The van der Waals surface area contributed by atoms with E-state index in [2.05, 4.69) is 0 Å². The first-order valence-electron chi connectivity index (χ1n) is 7.85. The van der Waals surface area contributed by atoms with E-state index in [1.54, 1.807) is 42.5 Å². The highest BCUT2D eigenvalue weighted by atomic mass is 32.2. The molecule has 0 aliphatic rings. The number of rotatable bonds is 7. The maximum atomic E-state index is 12.9. The number of anilines is 1. The molecule has 7 heteroatoms. The highest BCUT2D eigenvalue weighted by molar-refractivity contribution is 8.00. The van der Waals surface area contributed by atoms with E-state index in [0.29, 0.717) is 11.3 Å². The molecule has 1 heterocycles. The van der Waals surface area contributed by atoms with E-state index in [1.807, 2.05) is 29.6 Å². The van der Waals surface area contributed by atoms with Crippen LogP contribution < -0.4 is 5.73 Å². The molecule has 0 amide bonds. The molecular formula is C19H16N2O3S2. The van der Waals surface area contributed by atoms with Crippen LogP contribution in [0, 0.1) is 10.1 Å². The normalized spacial score (nSPS) is 13.1. The van der Waals surface area contributed by atoms with E-state index in [9.17, 15) is 14.9 Å². The summed E-state index contributed by atoms with van der Waals surface area (Å²) in [5, 5.41) is 13.1.